The van der Waals surface area contributed by atoms with Crippen LogP contribution >= 0.6 is 0 Å². The zero-order valence-corrected chi connectivity index (χ0v) is 11.8. The van der Waals surface area contributed by atoms with Crippen LogP contribution in [0.2, 0.25) is 0 Å². The molecule has 0 fully saturated rings. The fourth-order valence-corrected chi connectivity index (χ4v) is 1.74. The summed E-state index contributed by atoms with van der Waals surface area (Å²) in [6.07, 6.45) is -0.0420. The van der Waals surface area contributed by atoms with Gasteiger partial charge in [-0.2, -0.15) is 0 Å². The van der Waals surface area contributed by atoms with Crippen LogP contribution in [-0.2, 0) is 14.4 Å². The van der Waals surface area contributed by atoms with Gasteiger partial charge in [0.25, 0.3) is 0 Å². The number of nitrogens with zero attached hydrogens (tertiary/aromatic N) is 1. The van der Waals surface area contributed by atoms with Crippen molar-refractivity contribution in [1.29, 1.82) is 0 Å². The van der Waals surface area contributed by atoms with Gasteiger partial charge in [-0.05, 0) is 31.2 Å². The van der Waals surface area contributed by atoms with Crippen LogP contribution in [0.5, 0.6) is 0 Å². The molecule has 6 nitrogen and oxygen atoms in total. The number of rotatable bonds is 7. The van der Waals surface area contributed by atoms with E-state index in [4.69, 9.17) is 5.73 Å². The zero-order valence-electron chi connectivity index (χ0n) is 11.8. The van der Waals surface area contributed by atoms with E-state index in [0.29, 0.717) is 12.2 Å². The van der Waals surface area contributed by atoms with E-state index in [0.717, 1.165) is 4.90 Å². The smallest absolute Gasteiger partial charge is 0.237 e. The van der Waals surface area contributed by atoms with E-state index < -0.39 is 17.6 Å². The molecular weight excluding hydrogens is 277 g/mol. The first-order valence-electron chi connectivity index (χ1n) is 6.55. The van der Waals surface area contributed by atoms with Crippen molar-refractivity contribution in [3.05, 3.63) is 30.1 Å². The van der Waals surface area contributed by atoms with Gasteiger partial charge in [0.2, 0.25) is 17.7 Å². The molecule has 0 saturated carbocycles. The van der Waals surface area contributed by atoms with Crippen molar-refractivity contribution >= 4 is 23.4 Å². The van der Waals surface area contributed by atoms with Crippen molar-refractivity contribution in [3.63, 3.8) is 0 Å². The van der Waals surface area contributed by atoms with Crippen LogP contribution in [0.4, 0.5) is 10.1 Å². The molecule has 0 spiro atoms. The van der Waals surface area contributed by atoms with Crippen LogP contribution < -0.4 is 16.0 Å². The third-order valence-electron chi connectivity index (χ3n) is 2.69. The van der Waals surface area contributed by atoms with Gasteiger partial charge >= 0.3 is 0 Å². The molecule has 0 aliphatic rings. The van der Waals surface area contributed by atoms with Gasteiger partial charge in [0.05, 0.1) is 0 Å². The summed E-state index contributed by atoms with van der Waals surface area (Å²) in [6, 6.07) is 5.12. The summed E-state index contributed by atoms with van der Waals surface area (Å²) in [5.41, 5.74) is 5.47. The summed E-state index contributed by atoms with van der Waals surface area (Å²) < 4.78 is 12.9. The fourth-order valence-electron chi connectivity index (χ4n) is 1.74. The number of primary amides is 1. The van der Waals surface area contributed by atoms with Gasteiger partial charge in [-0.25, -0.2) is 4.39 Å². The molecule has 0 bridgehead atoms. The van der Waals surface area contributed by atoms with E-state index in [1.54, 1.807) is 6.92 Å². The predicted molar refractivity (Wildman–Crippen MR) is 75.9 cm³/mol. The van der Waals surface area contributed by atoms with Crippen LogP contribution in [-0.4, -0.2) is 30.8 Å². The molecule has 0 radical (unpaired) electrons. The van der Waals surface area contributed by atoms with Crippen molar-refractivity contribution < 1.29 is 18.8 Å². The highest BCUT2D eigenvalue weighted by atomic mass is 19.1. The summed E-state index contributed by atoms with van der Waals surface area (Å²) in [5, 5.41) is 2.58. The number of hydrogen-bond donors (Lipinski definition) is 2. The highest BCUT2D eigenvalue weighted by Gasteiger charge is 2.18. The first-order chi connectivity index (χ1) is 9.93. The molecule has 114 valence electrons. The lowest BCUT2D eigenvalue weighted by atomic mass is 10.2. The Kier molecular flexibility index (Phi) is 6.32. The highest BCUT2D eigenvalue weighted by Crippen LogP contribution is 2.16. The maximum Gasteiger partial charge on any atom is 0.237 e. The SMILES string of the molecule is CCNC(=O)CCC(=O)N(CC(N)=O)c1ccc(F)cc1. The van der Waals surface area contributed by atoms with E-state index in [1.165, 1.54) is 24.3 Å². The molecule has 1 rings (SSSR count). The van der Waals surface area contributed by atoms with Gasteiger partial charge in [-0.3, -0.25) is 14.4 Å². The lowest BCUT2D eigenvalue weighted by molar-refractivity contribution is -0.125. The Bertz CT molecular complexity index is 517. The molecular formula is C14H18FN3O3. The molecule has 1 aromatic carbocycles. The van der Waals surface area contributed by atoms with E-state index in [2.05, 4.69) is 5.32 Å². The fraction of sp³-hybridized carbons (Fsp3) is 0.357. The second kappa shape index (κ2) is 7.98. The van der Waals surface area contributed by atoms with Crippen molar-refractivity contribution in [2.45, 2.75) is 19.8 Å². The monoisotopic (exact) mass is 295 g/mol. The first kappa shape index (κ1) is 16.6. The largest absolute Gasteiger partial charge is 0.368 e. The maximum absolute atomic E-state index is 12.9. The number of benzene rings is 1. The number of carbonyl (C=O) groups is 3. The minimum absolute atomic E-state index is 0.0170. The lowest BCUT2D eigenvalue weighted by Gasteiger charge is -2.21. The summed E-state index contributed by atoms with van der Waals surface area (Å²) in [4.78, 5) is 35.7. The van der Waals surface area contributed by atoms with E-state index >= 15 is 0 Å². The zero-order chi connectivity index (χ0) is 15.8. The second-order valence-electron chi connectivity index (χ2n) is 4.38. The average molecular weight is 295 g/mol. The number of halogens is 1. The van der Waals surface area contributed by atoms with Crippen molar-refractivity contribution in [1.82, 2.24) is 5.32 Å². The molecule has 0 heterocycles. The van der Waals surface area contributed by atoms with Crippen LogP contribution in [0.25, 0.3) is 0 Å². The summed E-state index contributed by atoms with van der Waals surface area (Å²) in [5.74, 6) is -1.81. The van der Waals surface area contributed by atoms with Crippen molar-refractivity contribution in [3.8, 4) is 0 Å². The normalized spacial score (nSPS) is 10.0. The van der Waals surface area contributed by atoms with Gasteiger partial charge in [0.15, 0.2) is 0 Å². The van der Waals surface area contributed by atoms with Crippen LogP contribution in [0, 0.1) is 5.82 Å². The van der Waals surface area contributed by atoms with E-state index in [-0.39, 0.29) is 25.3 Å². The molecule has 0 aromatic heterocycles. The molecule has 1 aromatic rings. The summed E-state index contributed by atoms with van der Waals surface area (Å²) >= 11 is 0. The Labute approximate surface area is 122 Å². The Morgan fingerprint density at radius 3 is 2.33 bits per heavy atom. The maximum atomic E-state index is 12.9. The Morgan fingerprint density at radius 2 is 1.81 bits per heavy atom. The molecule has 0 aliphatic carbocycles. The van der Waals surface area contributed by atoms with Crippen molar-refractivity contribution in [2.75, 3.05) is 18.0 Å². The van der Waals surface area contributed by atoms with E-state index in [1.807, 2.05) is 0 Å². The summed E-state index contributed by atoms with van der Waals surface area (Å²) in [6.45, 7) is 1.94. The Morgan fingerprint density at radius 1 is 1.19 bits per heavy atom. The Balaban J connectivity index is 2.77. The highest BCUT2D eigenvalue weighted by molar-refractivity contribution is 5.99. The third-order valence-corrected chi connectivity index (χ3v) is 2.69. The standard InChI is InChI=1S/C14H18FN3O3/c1-2-17-13(20)7-8-14(21)18(9-12(16)19)11-5-3-10(15)4-6-11/h3-6H,2,7-9H2,1H3,(H2,16,19)(H,17,20). The second-order valence-corrected chi connectivity index (χ2v) is 4.38. The minimum Gasteiger partial charge on any atom is -0.368 e. The third kappa shape index (κ3) is 5.60. The average Bonchev–Trinajstić information content (AvgIpc) is 2.43. The van der Waals surface area contributed by atoms with Crippen LogP contribution in [0.3, 0.4) is 0 Å². The molecule has 0 atom stereocenters. The van der Waals surface area contributed by atoms with Gasteiger partial charge in [-0.1, -0.05) is 0 Å². The number of carbonyl (C=O) groups excluding carboxylic acids is 3. The number of nitrogens with two attached hydrogens (primary N) is 1. The van der Waals surface area contributed by atoms with E-state index in [9.17, 15) is 18.8 Å². The van der Waals surface area contributed by atoms with Crippen molar-refractivity contribution in [2.24, 2.45) is 5.73 Å². The molecule has 21 heavy (non-hydrogen) atoms. The van der Waals surface area contributed by atoms with Gasteiger partial charge in [-0.15, -0.1) is 0 Å². The first-order valence-corrected chi connectivity index (χ1v) is 6.55. The molecule has 3 amide bonds. The van der Waals surface area contributed by atoms with Crippen LogP contribution in [0.15, 0.2) is 24.3 Å². The van der Waals surface area contributed by atoms with Gasteiger partial charge in [0, 0.05) is 25.1 Å². The molecule has 3 N–H and O–H groups in total. The molecule has 0 aliphatic heterocycles. The molecule has 7 heteroatoms. The van der Waals surface area contributed by atoms with Gasteiger partial charge < -0.3 is 16.0 Å². The number of nitrogens with one attached hydrogen (secondary N) is 1. The number of amides is 3. The van der Waals surface area contributed by atoms with Crippen LogP contribution in [0.1, 0.15) is 19.8 Å². The number of anilines is 1. The predicted octanol–water partition coefficient (Wildman–Crippen LogP) is 0.560. The number of hydrogen-bond acceptors (Lipinski definition) is 3. The molecule has 0 saturated heterocycles. The molecule has 0 unspecified atom stereocenters. The summed E-state index contributed by atoms with van der Waals surface area (Å²) in [7, 11) is 0. The quantitative estimate of drug-likeness (QED) is 0.770. The lowest BCUT2D eigenvalue weighted by Crippen LogP contribution is -2.39. The Hall–Kier alpha value is -2.44. The topological polar surface area (TPSA) is 92.5 Å². The van der Waals surface area contributed by atoms with Gasteiger partial charge in [0.1, 0.15) is 12.4 Å². The minimum atomic E-state index is -0.689.